The molecule has 2 rings (SSSR count). The summed E-state index contributed by atoms with van der Waals surface area (Å²) < 4.78 is 7.87. The van der Waals surface area contributed by atoms with E-state index in [1.807, 2.05) is 18.2 Å². The monoisotopic (exact) mass is 325 g/mol. The number of hydrogen-bond donors (Lipinski definition) is 1. The van der Waals surface area contributed by atoms with Crippen LogP contribution in [-0.2, 0) is 6.54 Å². The van der Waals surface area contributed by atoms with Crippen molar-refractivity contribution in [1.82, 2.24) is 25.5 Å². The van der Waals surface area contributed by atoms with Crippen molar-refractivity contribution in [2.45, 2.75) is 19.9 Å². The fraction of sp³-hybridized carbons (Fsp3) is 0.417. The van der Waals surface area contributed by atoms with Crippen molar-refractivity contribution in [3.63, 3.8) is 0 Å². The van der Waals surface area contributed by atoms with Crippen LogP contribution < -0.4 is 10.1 Å². The molecule has 0 bridgehead atoms. The Labute approximate surface area is 120 Å². The van der Waals surface area contributed by atoms with Crippen LogP contribution in [0.1, 0.15) is 19.2 Å². The van der Waals surface area contributed by atoms with E-state index in [0.29, 0.717) is 6.54 Å². The molecule has 0 aliphatic heterocycles. The van der Waals surface area contributed by atoms with E-state index in [1.165, 1.54) is 0 Å². The molecule has 0 spiro atoms. The minimum absolute atomic E-state index is 0.635. The van der Waals surface area contributed by atoms with Gasteiger partial charge >= 0.3 is 0 Å². The quantitative estimate of drug-likeness (QED) is 0.822. The van der Waals surface area contributed by atoms with E-state index in [0.717, 1.165) is 34.7 Å². The zero-order valence-electron chi connectivity index (χ0n) is 10.9. The molecule has 0 fully saturated rings. The summed E-state index contributed by atoms with van der Waals surface area (Å²) in [5.74, 6) is 1.53. The van der Waals surface area contributed by atoms with Gasteiger partial charge in [-0.2, -0.15) is 4.68 Å². The van der Waals surface area contributed by atoms with Gasteiger partial charge in [-0.1, -0.05) is 22.9 Å². The van der Waals surface area contributed by atoms with Gasteiger partial charge in [-0.05, 0) is 35.5 Å². The van der Waals surface area contributed by atoms with Gasteiger partial charge in [0, 0.05) is 10.5 Å². The Bertz CT molecular complexity index is 543. The number of benzene rings is 1. The molecule has 7 heteroatoms. The van der Waals surface area contributed by atoms with Crippen LogP contribution in [0.25, 0.3) is 5.69 Å². The summed E-state index contributed by atoms with van der Waals surface area (Å²) in [6, 6.07) is 5.73. The molecule has 0 saturated heterocycles. The molecule has 1 aromatic heterocycles. The third-order valence-electron chi connectivity index (χ3n) is 2.58. The lowest BCUT2D eigenvalue weighted by Gasteiger charge is -2.08. The Kier molecular flexibility index (Phi) is 4.86. The van der Waals surface area contributed by atoms with E-state index in [9.17, 15) is 0 Å². The number of tetrazole rings is 1. The van der Waals surface area contributed by atoms with Gasteiger partial charge in [0.15, 0.2) is 5.82 Å². The highest BCUT2D eigenvalue weighted by Crippen LogP contribution is 2.23. The lowest BCUT2D eigenvalue weighted by atomic mass is 10.3. The van der Waals surface area contributed by atoms with E-state index in [2.05, 4.69) is 43.7 Å². The van der Waals surface area contributed by atoms with Gasteiger partial charge in [-0.15, -0.1) is 5.10 Å². The van der Waals surface area contributed by atoms with Crippen molar-refractivity contribution in [3.8, 4) is 11.4 Å². The zero-order chi connectivity index (χ0) is 13.7. The predicted octanol–water partition coefficient (Wildman–Crippen LogP) is 1.93. The largest absolute Gasteiger partial charge is 0.497 e. The first-order valence-electron chi connectivity index (χ1n) is 6.07. The van der Waals surface area contributed by atoms with Crippen LogP contribution in [0.3, 0.4) is 0 Å². The Balaban J connectivity index is 2.26. The van der Waals surface area contributed by atoms with Crippen molar-refractivity contribution in [2.24, 2.45) is 0 Å². The molecule has 0 saturated carbocycles. The minimum atomic E-state index is 0.635. The maximum atomic E-state index is 5.24. The third-order valence-corrected chi connectivity index (χ3v) is 3.04. The third kappa shape index (κ3) is 3.51. The number of nitrogens with zero attached hydrogens (tertiary/aromatic N) is 4. The van der Waals surface area contributed by atoms with Gasteiger partial charge in [0.2, 0.25) is 0 Å². The highest BCUT2D eigenvalue weighted by atomic mass is 79.9. The molecule has 0 radical (unpaired) electrons. The summed E-state index contributed by atoms with van der Waals surface area (Å²) in [6.07, 6.45) is 1.08. The van der Waals surface area contributed by atoms with Gasteiger partial charge < -0.3 is 10.1 Å². The van der Waals surface area contributed by atoms with Crippen molar-refractivity contribution < 1.29 is 4.74 Å². The molecule has 0 aliphatic rings. The number of methoxy groups -OCH3 is 1. The van der Waals surface area contributed by atoms with Gasteiger partial charge in [0.1, 0.15) is 5.75 Å². The van der Waals surface area contributed by atoms with Crippen molar-refractivity contribution in [1.29, 1.82) is 0 Å². The van der Waals surface area contributed by atoms with Crippen LogP contribution in [-0.4, -0.2) is 33.9 Å². The Hall–Kier alpha value is -1.47. The number of aromatic nitrogens is 4. The van der Waals surface area contributed by atoms with Gasteiger partial charge in [-0.3, -0.25) is 0 Å². The SMILES string of the molecule is CCCNCc1nnnn1-c1cc(Br)cc(OC)c1. The molecule has 0 atom stereocenters. The van der Waals surface area contributed by atoms with E-state index < -0.39 is 0 Å². The standard InChI is InChI=1S/C12H16BrN5O/c1-3-4-14-8-12-15-16-17-18(12)10-5-9(13)6-11(7-10)19-2/h5-7,14H,3-4,8H2,1-2H3. The maximum absolute atomic E-state index is 5.24. The van der Waals surface area contributed by atoms with E-state index in [-0.39, 0.29) is 0 Å². The molecule has 1 N–H and O–H groups in total. The predicted molar refractivity (Wildman–Crippen MR) is 75.4 cm³/mol. The van der Waals surface area contributed by atoms with Crippen LogP contribution in [0.15, 0.2) is 22.7 Å². The first-order valence-corrected chi connectivity index (χ1v) is 6.86. The smallest absolute Gasteiger partial charge is 0.170 e. The summed E-state index contributed by atoms with van der Waals surface area (Å²) in [7, 11) is 1.63. The fourth-order valence-corrected chi connectivity index (χ4v) is 2.14. The molecular weight excluding hydrogens is 310 g/mol. The molecule has 6 nitrogen and oxygen atoms in total. The van der Waals surface area contributed by atoms with Gasteiger partial charge in [0.25, 0.3) is 0 Å². The van der Waals surface area contributed by atoms with E-state index in [1.54, 1.807) is 11.8 Å². The number of halogens is 1. The van der Waals surface area contributed by atoms with E-state index in [4.69, 9.17) is 4.74 Å². The summed E-state index contributed by atoms with van der Waals surface area (Å²) >= 11 is 3.45. The van der Waals surface area contributed by atoms with Crippen molar-refractivity contribution >= 4 is 15.9 Å². The Morgan fingerprint density at radius 2 is 2.21 bits per heavy atom. The first kappa shape index (κ1) is 14.0. The molecule has 19 heavy (non-hydrogen) atoms. The summed E-state index contributed by atoms with van der Waals surface area (Å²) in [6.45, 7) is 3.69. The highest BCUT2D eigenvalue weighted by Gasteiger charge is 2.09. The van der Waals surface area contributed by atoms with Crippen LogP contribution >= 0.6 is 15.9 Å². The van der Waals surface area contributed by atoms with Gasteiger partial charge in [0.05, 0.1) is 19.3 Å². The lowest BCUT2D eigenvalue weighted by Crippen LogP contribution is -2.17. The summed E-state index contributed by atoms with van der Waals surface area (Å²) in [5.41, 5.74) is 0.865. The second-order valence-electron chi connectivity index (χ2n) is 4.03. The number of nitrogens with one attached hydrogen (secondary N) is 1. The Morgan fingerprint density at radius 1 is 1.37 bits per heavy atom. The normalized spacial score (nSPS) is 10.7. The van der Waals surface area contributed by atoms with Crippen LogP contribution in [0.5, 0.6) is 5.75 Å². The average molecular weight is 326 g/mol. The maximum Gasteiger partial charge on any atom is 0.170 e. The summed E-state index contributed by atoms with van der Waals surface area (Å²) in [5, 5.41) is 15.1. The summed E-state index contributed by atoms with van der Waals surface area (Å²) in [4.78, 5) is 0. The molecule has 2 aromatic rings. The molecule has 1 aromatic carbocycles. The second-order valence-corrected chi connectivity index (χ2v) is 4.95. The minimum Gasteiger partial charge on any atom is -0.497 e. The number of hydrogen-bond acceptors (Lipinski definition) is 5. The molecule has 0 aliphatic carbocycles. The number of rotatable bonds is 6. The second kappa shape index (κ2) is 6.63. The van der Waals surface area contributed by atoms with Crippen molar-refractivity contribution in [2.75, 3.05) is 13.7 Å². The van der Waals surface area contributed by atoms with Crippen LogP contribution in [0.4, 0.5) is 0 Å². The highest BCUT2D eigenvalue weighted by molar-refractivity contribution is 9.10. The molecule has 102 valence electrons. The number of ether oxygens (including phenoxy) is 1. The van der Waals surface area contributed by atoms with E-state index >= 15 is 0 Å². The Morgan fingerprint density at radius 3 is 2.95 bits per heavy atom. The zero-order valence-corrected chi connectivity index (χ0v) is 12.5. The topological polar surface area (TPSA) is 64.9 Å². The molecular formula is C12H16BrN5O. The molecule has 0 unspecified atom stereocenters. The average Bonchev–Trinajstić information content (AvgIpc) is 2.86. The molecule has 1 heterocycles. The fourth-order valence-electron chi connectivity index (χ4n) is 1.68. The molecule has 0 amide bonds. The van der Waals surface area contributed by atoms with Crippen molar-refractivity contribution in [3.05, 3.63) is 28.5 Å². The van der Waals surface area contributed by atoms with Crippen LogP contribution in [0.2, 0.25) is 0 Å². The lowest BCUT2D eigenvalue weighted by molar-refractivity contribution is 0.414. The first-order chi connectivity index (χ1) is 9.24. The van der Waals surface area contributed by atoms with Gasteiger partial charge in [-0.25, -0.2) is 0 Å². The van der Waals surface area contributed by atoms with Crippen LogP contribution in [0, 0.1) is 0 Å².